The molecule has 10 heteroatoms. The number of amides is 1. The van der Waals surface area contributed by atoms with Crippen molar-refractivity contribution >= 4 is 34.6 Å². The molecule has 9 nitrogen and oxygen atoms in total. The lowest BCUT2D eigenvalue weighted by molar-refractivity contribution is 0.0636. The number of ether oxygens (including phenoxy) is 1. The van der Waals surface area contributed by atoms with Gasteiger partial charge in [-0.05, 0) is 51.8 Å². The van der Waals surface area contributed by atoms with Crippen LogP contribution in [0.25, 0.3) is 11.2 Å². The van der Waals surface area contributed by atoms with Crippen molar-refractivity contribution in [1.29, 1.82) is 0 Å². The van der Waals surface area contributed by atoms with Crippen LogP contribution in [0.15, 0.2) is 29.2 Å². The van der Waals surface area contributed by atoms with Crippen LogP contribution in [0, 0.1) is 5.82 Å². The molecule has 1 aliphatic carbocycles. The van der Waals surface area contributed by atoms with E-state index < -0.39 is 17.5 Å². The minimum atomic E-state index is -0.678. The third kappa shape index (κ3) is 4.90. The van der Waals surface area contributed by atoms with Crippen LogP contribution in [0.1, 0.15) is 58.9 Å². The summed E-state index contributed by atoms with van der Waals surface area (Å²) in [5.74, 6) is -0.317. The van der Waals surface area contributed by atoms with Crippen LogP contribution in [0.4, 0.5) is 26.5 Å². The highest BCUT2D eigenvalue weighted by molar-refractivity contribution is 5.90. The Bertz CT molecular complexity index is 1190. The number of aromatic nitrogens is 4. The number of nitrogens with one attached hydrogen (secondary N) is 3. The first-order valence-corrected chi connectivity index (χ1v) is 10.7. The number of anilines is 3. The molecular weight excluding hydrogens is 415 g/mol. The molecule has 0 unspecified atom stereocenters. The van der Waals surface area contributed by atoms with E-state index in [0.29, 0.717) is 16.9 Å². The minimum Gasteiger partial charge on any atom is -0.444 e. The SMILES string of the molecule is CC(C)(C)OC(=O)Nc1ccc(F)cc1Nc1ncc2[nH]c(=O)n(C3CCCCC3)c2n1. The summed E-state index contributed by atoms with van der Waals surface area (Å²) in [4.78, 5) is 36.3. The molecule has 4 rings (SSSR count). The highest BCUT2D eigenvalue weighted by Crippen LogP contribution is 2.30. The molecule has 170 valence electrons. The van der Waals surface area contributed by atoms with Crippen LogP contribution >= 0.6 is 0 Å². The Hall–Kier alpha value is -3.43. The Morgan fingerprint density at radius 3 is 2.69 bits per heavy atom. The molecule has 1 aliphatic rings. The van der Waals surface area contributed by atoms with Crippen LogP contribution in [0.3, 0.4) is 0 Å². The second-order valence-corrected chi connectivity index (χ2v) is 8.96. The van der Waals surface area contributed by atoms with Crippen molar-refractivity contribution in [2.45, 2.75) is 64.5 Å². The lowest BCUT2D eigenvalue weighted by Crippen LogP contribution is -2.27. The number of fused-ring (bicyclic) bond motifs is 1. The topological polar surface area (TPSA) is 114 Å². The van der Waals surface area contributed by atoms with Crippen LogP contribution in [0.2, 0.25) is 0 Å². The number of hydrogen-bond acceptors (Lipinski definition) is 6. The Labute approximate surface area is 184 Å². The van der Waals surface area contributed by atoms with Gasteiger partial charge in [-0.15, -0.1) is 0 Å². The zero-order valence-electron chi connectivity index (χ0n) is 18.4. The van der Waals surface area contributed by atoms with Gasteiger partial charge in [0.25, 0.3) is 0 Å². The molecule has 0 bridgehead atoms. The highest BCUT2D eigenvalue weighted by atomic mass is 19.1. The first-order chi connectivity index (χ1) is 15.2. The van der Waals surface area contributed by atoms with Crippen LogP contribution < -0.4 is 16.3 Å². The van der Waals surface area contributed by atoms with Crippen molar-refractivity contribution in [2.75, 3.05) is 10.6 Å². The van der Waals surface area contributed by atoms with E-state index in [1.165, 1.54) is 30.8 Å². The summed E-state index contributed by atoms with van der Waals surface area (Å²) in [5, 5.41) is 5.56. The van der Waals surface area contributed by atoms with Gasteiger partial charge in [0.15, 0.2) is 5.65 Å². The van der Waals surface area contributed by atoms with E-state index in [4.69, 9.17) is 4.74 Å². The molecule has 1 saturated carbocycles. The fraction of sp³-hybridized carbons (Fsp3) is 0.455. The summed E-state index contributed by atoms with van der Waals surface area (Å²) in [7, 11) is 0. The monoisotopic (exact) mass is 442 g/mol. The summed E-state index contributed by atoms with van der Waals surface area (Å²) in [6, 6.07) is 3.97. The normalized spacial score (nSPS) is 15.0. The Kier molecular flexibility index (Phi) is 5.86. The maximum Gasteiger partial charge on any atom is 0.412 e. The number of aromatic amines is 1. The number of carbonyl (C=O) groups excluding carboxylic acids is 1. The quantitative estimate of drug-likeness (QED) is 0.532. The van der Waals surface area contributed by atoms with Gasteiger partial charge in [-0.3, -0.25) is 9.88 Å². The number of nitrogens with zero attached hydrogens (tertiary/aromatic N) is 3. The fourth-order valence-electron chi connectivity index (χ4n) is 3.92. The molecule has 0 radical (unpaired) electrons. The number of halogens is 1. The van der Waals surface area contributed by atoms with Crippen molar-refractivity contribution in [3.05, 3.63) is 40.7 Å². The number of benzene rings is 1. The molecule has 3 N–H and O–H groups in total. The summed E-state index contributed by atoms with van der Waals surface area (Å²) in [6.45, 7) is 5.26. The predicted molar refractivity (Wildman–Crippen MR) is 120 cm³/mol. The number of rotatable bonds is 4. The highest BCUT2D eigenvalue weighted by Gasteiger charge is 2.22. The fourth-order valence-corrected chi connectivity index (χ4v) is 3.92. The molecule has 0 atom stereocenters. The maximum absolute atomic E-state index is 13.9. The molecular formula is C22H27FN6O3. The average molecular weight is 442 g/mol. The van der Waals surface area contributed by atoms with Gasteiger partial charge >= 0.3 is 11.8 Å². The molecule has 3 aromatic rings. The van der Waals surface area contributed by atoms with Gasteiger partial charge in [-0.2, -0.15) is 4.98 Å². The number of carbonyl (C=O) groups is 1. The second-order valence-electron chi connectivity index (χ2n) is 8.96. The van der Waals surface area contributed by atoms with E-state index in [0.717, 1.165) is 25.7 Å². The van der Waals surface area contributed by atoms with E-state index in [1.54, 1.807) is 25.3 Å². The molecule has 2 aromatic heterocycles. The van der Waals surface area contributed by atoms with Crippen molar-refractivity contribution < 1.29 is 13.9 Å². The third-order valence-corrected chi connectivity index (χ3v) is 5.26. The number of imidazole rings is 1. The van der Waals surface area contributed by atoms with Gasteiger partial charge in [-0.1, -0.05) is 19.3 Å². The molecule has 1 aromatic carbocycles. The Morgan fingerprint density at radius 1 is 1.22 bits per heavy atom. The molecule has 0 saturated heterocycles. The van der Waals surface area contributed by atoms with Gasteiger partial charge in [0.05, 0.1) is 17.6 Å². The lowest BCUT2D eigenvalue weighted by atomic mass is 9.95. The lowest BCUT2D eigenvalue weighted by Gasteiger charge is -2.22. The second kappa shape index (κ2) is 8.60. The Balaban J connectivity index is 1.64. The van der Waals surface area contributed by atoms with Crippen molar-refractivity contribution in [3.8, 4) is 0 Å². The van der Waals surface area contributed by atoms with Crippen molar-refractivity contribution in [1.82, 2.24) is 19.5 Å². The van der Waals surface area contributed by atoms with Gasteiger partial charge in [-0.25, -0.2) is 19.0 Å². The largest absolute Gasteiger partial charge is 0.444 e. The summed E-state index contributed by atoms with van der Waals surface area (Å²) >= 11 is 0. The summed E-state index contributed by atoms with van der Waals surface area (Å²) in [6.07, 6.45) is 6.02. The number of hydrogen-bond donors (Lipinski definition) is 3. The van der Waals surface area contributed by atoms with Crippen LogP contribution in [-0.2, 0) is 4.74 Å². The van der Waals surface area contributed by atoms with Gasteiger partial charge in [0, 0.05) is 6.04 Å². The zero-order chi connectivity index (χ0) is 22.9. The van der Waals surface area contributed by atoms with Gasteiger partial charge in [0.2, 0.25) is 5.95 Å². The van der Waals surface area contributed by atoms with Gasteiger partial charge in [0.1, 0.15) is 16.9 Å². The van der Waals surface area contributed by atoms with E-state index in [1.807, 2.05) is 0 Å². The molecule has 1 fully saturated rings. The zero-order valence-corrected chi connectivity index (χ0v) is 18.4. The van der Waals surface area contributed by atoms with E-state index in [2.05, 4.69) is 25.6 Å². The van der Waals surface area contributed by atoms with Crippen LogP contribution in [-0.4, -0.2) is 31.2 Å². The summed E-state index contributed by atoms with van der Waals surface area (Å²) < 4.78 is 20.9. The average Bonchev–Trinajstić information content (AvgIpc) is 3.04. The first kappa shape index (κ1) is 21.8. The smallest absolute Gasteiger partial charge is 0.412 e. The molecule has 2 heterocycles. The Morgan fingerprint density at radius 2 is 1.97 bits per heavy atom. The predicted octanol–water partition coefficient (Wildman–Crippen LogP) is 4.85. The standard InChI is InChI=1S/C22H27FN6O3/c1-22(2,3)32-21(31)27-15-10-9-13(23)11-16(15)25-19-24-12-17-18(28-19)29(20(30)26-17)14-7-5-4-6-8-14/h9-12,14H,4-8H2,1-3H3,(H,26,30)(H,27,31)(H,24,25,28). The summed E-state index contributed by atoms with van der Waals surface area (Å²) in [5.41, 5.74) is 0.717. The third-order valence-electron chi connectivity index (χ3n) is 5.26. The molecule has 0 aliphatic heterocycles. The maximum atomic E-state index is 13.9. The molecule has 0 spiro atoms. The van der Waals surface area contributed by atoms with E-state index >= 15 is 0 Å². The van der Waals surface area contributed by atoms with E-state index in [9.17, 15) is 14.0 Å². The van der Waals surface area contributed by atoms with Crippen molar-refractivity contribution in [2.24, 2.45) is 0 Å². The minimum absolute atomic E-state index is 0.0892. The molecule has 32 heavy (non-hydrogen) atoms. The van der Waals surface area contributed by atoms with Crippen molar-refractivity contribution in [3.63, 3.8) is 0 Å². The van der Waals surface area contributed by atoms with Gasteiger partial charge < -0.3 is 15.0 Å². The van der Waals surface area contributed by atoms with E-state index in [-0.39, 0.29) is 23.4 Å². The number of H-pyrrole nitrogens is 1. The first-order valence-electron chi connectivity index (χ1n) is 10.7. The van der Waals surface area contributed by atoms with Crippen LogP contribution in [0.5, 0.6) is 0 Å². The molecule has 1 amide bonds.